The molecule has 1 aliphatic carbocycles. The van der Waals surface area contributed by atoms with Gasteiger partial charge in [-0.25, -0.2) is 4.79 Å². The zero-order valence-corrected chi connectivity index (χ0v) is 22.7. The largest absolute Gasteiger partial charge is 0.497 e. The average Bonchev–Trinajstić information content (AvgIpc) is 3.29. The second kappa shape index (κ2) is 12.3. The van der Waals surface area contributed by atoms with Crippen molar-refractivity contribution in [3.8, 4) is 5.75 Å². The van der Waals surface area contributed by atoms with Crippen molar-refractivity contribution in [3.63, 3.8) is 0 Å². The number of esters is 1. The van der Waals surface area contributed by atoms with Crippen LogP contribution in [0.2, 0.25) is 0 Å². The van der Waals surface area contributed by atoms with Gasteiger partial charge in [0.25, 0.3) is 5.91 Å². The normalized spacial score (nSPS) is 13.3. The van der Waals surface area contributed by atoms with Crippen molar-refractivity contribution in [1.82, 2.24) is 0 Å². The number of methoxy groups -OCH3 is 2. The van der Waals surface area contributed by atoms with Crippen molar-refractivity contribution in [3.05, 3.63) is 70.1 Å². The Morgan fingerprint density at radius 1 is 1.03 bits per heavy atom. The lowest BCUT2D eigenvalue weighted by Gasteiger charge is -2.16. The second-order valence-corrected chi connectivity index (χ2v) is 11.0. The summed E-state index contributed by atoms with van der Waals surface area (Å²) in [6.45, 7) is 1.95. The molecule has 9 heteroatoms. The third kappa shape index (κ3) is 6.34. The molecule has 37 heavy (non-hydrogen) atoms. The Hall–Kier alpha value is -3.30. The minimum absolute atomic E-state index is 0.165. The van der Waals surface area contributed by atoms with E-state index in [0.717, 1.165) is 41.0 Å². The van der Waals surface area contributed by atoms with Crippen LogP contribution in [0.4, 0.5) is 10.7 Å². The van der Waals surface area contributed by atoms with Gasteiger partial charge in [-0.3, -0.25) is 9.59 Å². The van der Waals surface area contributed by atoms with Crippen LogP contribution in [0, 0.1) is 0 Å². The van der Waals surface area contributed by atoms with E-state index >= 15 is 0 Å². The van der Waals surface area contributed by atoms with Crippen molar-refractivity contribution in [2.45, 2.75) is 49.2 Å². The Balaban J connectivity index is 1.46. The number of anilines is 2. The fraction of sp³-hybridized carbons (Fsp3) is 0.321. The first-order valence-corrected chi connectivity index (χ1v) is 13.9. The molecule has 7 nitrogen and oxygen atoms in total. The van der Waals surface area contributed by atoms with Gasteiger partial charge in [0, 0.05) is 21.0 Å². The summed E-state index contributed by atoms with van der Waals surface area (Å²) >= 11 is 2.90. The van der Waals surface area contributed by atoms with E-state index in [4.69, 9.17) is 9.47 Å². The molecule has 2 amide bonds. The van der Waals surface area contributed by atoms with Crippen LogP contribution in [0.15, 0.2) is 53.4 Å². The Morgan fingerprint density at radius 2 is 1.81 bits per heavy atom. The minimum atomic E-state index is -0.408. The molecule has 0 spiro atoms. The van der Waals surface area contributed by atoms with Crippen LogP contribution in [-0.4, -0.2) is 37.3 Å². The van der Waals surface area contributed by atoms with Gasteiger partial charge in [0.05, 0.1) is 25.0 Å². The van der Waals surface area contributed by atoms with Crippen LogP contribution in [0.25, 0.3) is 0 Å². The van der Waals surface area contributed by atoms with Gasteiger partial charge in [-0.15, -0.1) is 23.1 Å². The molecule has 0 saturated heterocycles. The number of ether oxygens (including phenoxy) is 2. The molecule has 1 atom stereocenters. The fourth-order valence-electron chi connectivity index (χ4n) is 4.27. The lowest BCUT2D eigenvalue weighted by molar-refractivity contribution is -0.115. The Bertz CT molecular complexity index is 1300. The number of fused-ring (bicyclic) bond motifs is 1. The standard InChI is InChI=1S/C28H30N2O5S2/c1-4-22(26(32)30-27-24(28(33)35-3)21-13-5-6-14-23(21)37-27)36-20-12-8-10-18(16-20)29-25(31)17-9-7-11-19(15-17)34-2/h7-12,15-16,22H,4-6,13-14H2,1-3H3,(H,29,31)(H,30,32). The van der Waals surface area contributed by atoms with Gasteiger partial charge in [0.2, 0.25) is 5.91 Å². The van der Waals surface area contributed by atoms with Crippen LogP contribution in [0.3, 0.4) is 0 Å². The maximum Gasteiger partial charge on any atom is 0.341 e. The van der Waals surface area contributed by atoms with Crippen LogP contribution in [0.5, 0.6) is 5.75 Å². The topological polar surface area (TPSA) is 93.7 Å². The highest BCUT2D eigenvalue weighted by molar-refractivity contribution is 8.00. The van der Waals surface area contributed by atoms with E-state index in [1.54, 1.807) is 31.4 Å². The predicted octanol–water partition coefficient (Wildman–Crippen LogP) is 6.18. The van der Waals surface area contributed by atoms with Gasteiger partial charge in [0.15, 0.2) is 0 Å². The van der Waals surface area contributed by atoms with E-state index in [1.165, 1.54) is 30.2 Å². The molecule has 2 aromatic carbocycles. The third-order valence-corrected chi connectivity index (χ3v) is 8.73. The summed E-state index contributed by atoms with van der Waals surface area (Å²) in [6.07, 6.45) is 4.45. The SMILES string of the molecule is CCC(Sc1cccc(NC(=O)c2cccc(OC)c2)c1)C(=O)Nc1sc2c(c1C(=O)OC)CCCC2. The van der Waals surface area contributed by atoms with Gasteiger partial charge in [-0.1, -0.05) is 19.1 Å². The van der Waals surface area contributed by atoms with Crippen molar-refractivity contribution in [1.29, 1.82) is 0 Å². The molecule has 1 aliphatic rings. The maximum absolute atomic E-state index is 13.3. The minimum Gasteiger partial charge on any atom is -0.497 e. The third-order valence-electron chi connectivity index (χ3n) is 6.16. The highest BCUT2D eigenvalue weighted by Crippen LogP contribution is 2.39. The number of rotatable bonds is 9. The van der Waals surface area contributed by atoms with Crippen LogP contribution >= 0.6 is 23.1 Å². The lowest BCUT2D eigenvalue weighted by Crippen LogP contribution is -2.25. The monoisotopic (exact) mass is 538 g/mol. The molecule has 0 radical (unpaired) electrons. The summed E-state index contributed by atoms with van der Waals surface area (Å²) in [5.41, 5.74) is 2.63. The lowest BCUT2D eigenvalue weighted by atomic mass is 9.95. The zero-order chi connectivity index (χ0) is 26.4. The van der Waals surface area contributed by atoms with E-state index in [9.17, 15) is 14.4 Å². The number of thioether (sulfide) groups is 1. The van der Waals surface area contributed by atoms with E-state index < -0.39 is 5.97 Å². The quantitative estimate of drug-likeness (QED) is 0.249. The molecule has 194 valence electrons. The Morgan fingerprint density at radius 3 is 2.57 bits per heavy atom. The van der Waals surface area contributed by atoms with Crippen molar-refractivity contribution in [2.75, 3.05) is 24.9 Å². The number of thiophene rings is 1. The summed E-state index contributed by atoms with van der Waals surface area (Å²) in [5, 5.41) is 6.11. The fourth-order valence-corrected chi connectivity index (χ4v) is 6.56. The molecular formula is C28H30N2O5S2. The highest BCUT2D eigenvalue weighted by atomic mass is 32.2. The Kier molecular flexibility index (Phi) is 8.89. The molecule has 1 aromatic heterocycles. The first kappa shape index (κ1) is 26.8. The highest BCUT2D eigenvalue weighted by Gasteiger charge is 2.28. The van der Waals surface area contributed by atoms with E-state index in [1.807, 2.05) is 31.2 Å². The molecular weight excluding hydrogens is 508 g/mol. The summed E-state index contributed by atoms with van der Waals surface area (Å²) in [7, 11) is 2.92. The summed E-state index contributed by atoms with van der Waals surface area (Å²) in [4.78, 5) is 40.5. The van der Waals surface area contributed by atoms with Crippen molar-refractivity contribution < 1.29 is 23.9 Å². The maximum atomic E-state index is 13.3. The Labute approximate surface area is 224 Å². The van der Waals surface area contributed by atoms with E-state index in [2.05, 4.69) is 10.6 Å². The molecule has 1 unspecified atom stereocenters. The summed E-state index contributed by atoms with van der Waals surface area (Å²) in [6, 6.07) is 14.4. The number of nitrogens with one attached hydrogen (secondary N) is 2. The molecule has 0 aliphatic heterocycles. The molecule has 0 saturated carbocycles. The molecule has 3 aromatic rings. The number of aryl methyl sites for hydroxylation is 1. The number of amides is 2. The number of benzene rings is 2. The van der Waals surface area contributed by atoms with Gasteiger partial charge >= 0.3 is 5.97 Å². The average molecular weight is 539 g/mol. The van der Waals surface area contributed by atoms with Gasteiger partial charge in [0.1, 0.15) is 10.8 Å². The zero-order valence-electron chi connectivity index (χ0n) is 21.1. The summed E-state index contributed by atoms with van der Waals surface area (Å²) in [5.74, 6) is -0.213. The van der Waals surface area contributed by atoms with Gasteiger partial charge < -0.3 is 20.1 Å². The van der Waals surface area contributed by atoms with Crippen molar-refractivity contribution >= 4 is 51.6 Å². The van der Waals surface area contributed by atoms with Crippen LogP contribution < -0.4 is 15.4 Å². The smallest absolute Gasteiger partial charge is 0.341 e. The molecule has 4 rings (SSSR count). The first-order chi connectivity index (χ1) is 17.9. The van der Waals surface area contributed by atoms with Crippen LogP contribution in [-0.2, 0) is 22.4 Å². The van der Waals surface area contributed by atoms with Crippen molar-refractivity contribution in [2.24, 2.45) is 0 Å². The van der Waals surface area contributed by atoms with E-state index in [-0.39, 0.29) is 17.1 Å². The second-order valence-electron chi connectivity index (χ2n) is 8.62. The molecule has 0 fully saturated rings. The molecule has 1 heterocycles. The van der Waals surface area contributed by atoms with Gasteiger partial charge in [-0.05, 0) is 74.1 Å². The predicted molar refractivity (Wildman–Crippen MR) is 148 cm³/mol. The number of carbonyl (C=O) groups excluding carboxylic acids is 3. The van der Waals surface area contributed by atoms with Crippen LogP contribution in [0.1, 0.15) is 57.3 Å². The number of carbonyl (C=O) groups is 3. The van der Waals surface area contributed by atoms with E-state index in [0.29, 0.717) is 34.0 Å². The molecule has 0 bridgehead atoms. The number of hydrogen-bond acceptors (Lipinski definition) is 7. The summed E-state index contributed by atoms with van der Waals surface area (Å²) < 4.78 is 10.2. The number of hydrogen-bond donors (Lipinski definition) is 2. The first-order valence-electron chi connectivity index (χ1n) is 12.2. The van der Waals surface area contributed by atoms with Gasteiger partial charge in [-0.2, -0.15) is 0 Å². The molecule has 2 N–H and O–H groups in total.